The molecule has 2 rings (SSSR count). The van der Waals surface area contributed by atoms with Crippen LogP contribution in [0.25, 0.3) is 0 Å². The zero-order valence-electron chi connectivity index (χ0n) is 9.87. The summed E-state index contributed by atoms with van der Waals surface area (Å²) in [7, 11) is 0. The number of hydrogen-bond donors (Lipinski definition) is 1. The molecule has 2 aliphatic rings. The van der Waals surface area contributed by atoms with E-state index in [1.165, 1.54) is 12.8 Å². The average molecular weight is 213 g/mol. The van der Waals surface area contributed by atoms with E-state index in [0.717, 1.165) is 25.9 Å². The van der Waals surface area contributed by atoms with Gasteiger partial charge in [-0.3, -0.25) is 0 Å². The number of piperidine rings is 1. The van der Waals surface area contributed by atoms with Crippen LogP contribution >= 0.6 is 0 Å². The molecule has 0 aliphatic carbocycles. The van der Waals surface area contributed by atoms with Crippen LogP contribution < -0.4 is 5.32 Å². The van der Waals surface area contributed by atoms with Crippen molar-refractivity contribution in [2.75, 3.05) is 13.1 Å². The van der Waals surface area contributed by atoms with Gasteiger partial charge in [-0.1, -0.05) is 0 Å². The number of ether oxygens (including phenoxy) is 2. The van der Waals surface area contributed by atoms with E-state index in [4.69, 9.17) is 9.47 Å². The Morgan fingerprint density at radius 1 is 1.00 bits per heavy atom. The molecule has 88 valence electrons. The molecule has 3 atom stereocenters. The standard InChI is InChI=1S/C12H23NO2/c1-9-7-12(8-10(2)14-9)15-11-3-5-13-6-4-11/h9-13H,3-8H2,1-2H3/t9-,10+,12?. The van der Waals surface area contributed by atoms with Gasteiger partial charge in [-0.15, -0.1) is 0 Å². The molecule has 3 heteroatoms. The summed E-state index contributed by atoms with van der Waals surface area (Å²) in [6, 6.07) is 0. The van der Waals surface area contributed by atoms with Gasteiger partial charge in [0.15, 0.2) is 0 Å². The summed E-state index contributed by atoms with van der Waals surface area (Å²) in [6.07, 6.45) is 6.09. The lowest BCUT2D eigenvalue weighted by Gasteiger charge is -2.35. The van der Waals surface area contributed by atoms with Gasteiger partial charge in [0, 0.05) is 0 Å². The molecule has 0 aromatic rings. The van der Waals surface area contributed by atoms with Gasteiger partial charge in [0.1, 0.15) is 0 Å². The quantitative estimate of drug-likeness (QED) is 0.757. The molecule has 0 radical (unpaired) electrons. The first-order chi connectivity index (χ1) is 7.24. The topological polar surface area (TPSA) is 30.5 Å². The number of nitrogens with one attached hydrogen (secondary N) is 1. The van der Waals surface area contributed by atoms with Crippen LogP contribution in [0.5, 0.6) is 0 Å². The zero-order valence-corrected chi connectivity index (χ0v) is 9.87. The molecule has 3 nitrogen and oxygen atoms in total. The highest BCUT2D eigenvalue weighted by atomic mass is 16.5. The Bertz CT molecular complexity index is 182. The van der Waals surface area contributed by atoms with E-state index >= 15 is 0 Å². The maximum absolute atomic E-state index is 6.15. The predicted molar refractivity (Wildman–Crippen MR) is 60.0 cm³/mol. The van der Waals surface area contributed by atoms with Crippen molar-refractivity contribution in [3.63, 3.8) is 0 Å². The van der Waals surface area contributed by atoms with Crippen LogP contribution in [0.1, 0.15) is 39.5 Å². The Morgan fingerprint density at radius 2 is 1.60 bits per heavy atom. The van der Waals surface area contributed by atoms with Crippen molar-refractivity contribution in [1.82, 2.24) is 5.32 Å². The number of hydrogen-bond acceptors (Lipinski definition) is 3. The van der Waals surface area contributed by atoms with Crippen LogP contribution in [0.15, 0.2) is 0 Å². The largest absolute Gasteiger partial charge is 0.375 e. The SMILES string of the molecule is C[C@@H]1CC(OC2CCNCC2)C[C@H](C)O1. The van der Waals surface area contributed by atoms with E-state index in [2.05, 4.69) is 19.2 Å². The fourth-order valence-electron chi connectivity index (χ4n) is 2.66. The number of rotatable bonds is 2. The van der Waals surface area contributed by atoms with Gasteiger partial charge in [-0.25, -0.2) is 0 Å². The summed E-state index contributed by atoms with van der Waals surface area (Å²) in [5, 5.41) is 3.36. The van der Waals surface area contributed by atoms with E-state index in [-0.39, 0.29) is 0 Å². The third kappa shape index (κ3) is 3.44. The molecule has 0 saturated carbocycles. The highest BCUT2D eigenvalue weighted by molar-refractivity contribution is 4.77. The lowest BCUT2D eigenvalue weighted by Crippen LogP contribution is -2.39. The van der Waals surface area contributed by atoms with E-state index in [0.29, 0.717) is 24.4 Å². The summed E-state index contributed by atoms with van der Waals surface area (Å²) < 4.78 is 11.9. The van der Waals surface area contributed by atoms with Gasteiger partial charge in [0.05, 0.1) is 24.4 Å². The molecule has 0 spiro atoms. The summed E-state index contributed by atoms with van der Waals surface area (Å²) in [6.45, 7) is 6.51. The van der Waals surface area contributed by atoms with E-state index in [1.807, 2.05) is 0 Å². The molecule has 0 bridgehead atoms. The molecule has 1 N–H and O–H groups in total. The van der Waals surface area contributed by atoms with Crippen molar-refractivity contribution in [3.05, 3.63) is 0 Å². The van der Waals surface area contributed by atoms with Crippen LogP contribution in [0.4, 0.5) is 0 Å². The van der Waals surface area contributed by atoms with Gasteiger partial charge < -0.3 is 14.8 Å². The van der Waals surface area contributed by atoms with Gasteiger partial charge in [0.2, 0.25) is 0 Å². The average Bonchev–Trinajstić information content (AvgIpc) is 2.17. The smallest absolute Gasteiger partial charge is 0.0628 e. The van der Waals surface area contributed by atoms with Crippen molar-refractivity contribution >= 4 is 0 Å². The van der Waals surface area contributed by atoms with Crippen molar-refractivity contribution < 1.29 is 9.47 Å². The monoisotopic (exact) mass is 213 g/mol. The maximum atomic E-state index is 6.15. The molecule has 0 aromatic carbocycles. The first-order valence-corrected chi connectivity index (χ1v) is 6.25. The van der Waals surface area contributed by atoms with E-state index < -0.39 is 0 Å². The van der Waals surface area contributed by atoms with Crippen LogP contribution in [-0.4, -0.2) is 37.5 Å². The Kier molecular flexibility index (Phi) is 4.00. The maximum Gasteiger partial charge on any atom is 0.0628 e. The molecule has 2 fully saturated rings. The van der Waals surface area contributed by atoms with Crippen molar-refractivity contribution in [3.8, 4) is 0 Å². The van der Waals surface area contributed by atoms with Gasteiger partial charge in [0.25, 0.3) is 0 Å². The highest BCUT2D eigenvalue weighted by Crippen LogP contribution is 2.24. The molecular formula is C12H23NO2. The molecule has 2 aliphatic heterocycles. The summed E-state index contributed by atoms with van der Waals surface area (Å²) in [4.78, 5) is 0. The van der Waals surface area contributed by atoms with Gasteiger partial charge in [-0.2, -0.15) is 0 Å². The van der Waals surface area contributed by atoms with Crippen LogP contribution in [0.3, 0.4) is 0 Å². The van der Waals surface area contributed by atoms with Crippen LogP contribution in [0, 0.1) is 0 Å². The first-order valence-electron chi connectivity index (χ1n) is 6.25. The second-order valence-corrected chi connectivity index (χ2v) is 4.94. The van der Waals surface area contributed by atoms with Gasteiger partial charge >= 0.3 is 0 Å². The Morgan fingerprint density at radius 3 is 2.20 bits per heavy atom. The Labute approximate surface area is 92.5 Å². The second-order valence-electron chi connectivity index (χ2n) is 4.94. The molecule has 0 aromatic heterocycles. The van der Waals surface area contributed by atoms with Gasteiger partial charge in [-0.05, 0) is 52.6 Å². The lowest BCUT2D eigenvalue weighted by molar-refractivity contribution is -0.125. The minimum atomic E-state index is 0.362. The summed E-state index contributed by atoms with van der Waals surface area (Å²) in [5.74, 6) is 0. The third-order valence-electron chi connectivity index (χ3n) is 3.33. The molecule has 2 heterocycles. The second kappa shape index (κ2) is 5.28. The predicted octanol–water partition coefficient (Wildman–Crippen LogP) is 1.71. The first kappa shape index (κ1) is 11.4. The zero-order chi connectivity index (χ0) is 10.7. The fraction of sp³-hybridized carbons (Fsp3) is 1.00. The molecule has 15 heavy (non-hydrogen) atoms. The van der Waals surface area contributed by atoms with Crippen molar-refractivity contribution in [2.24, 2.45) is 0 Å². The normalized spacial score (nSPS) is 39.2. The van der Waals surface area contributed by atoms with Crippen molar-refractivity contribution in [2.45, 2.75) is 63.9 Å². The van der Waals surface area contributed by atoms with Crippen LogP contribution in [-0.2, 0) is 9.47 Å². The summed E-state index contributed by atoms with van der Waals surface area (Å²) >= 11 is 0. The lowest BCUT2D eigenvalue weighted by atomic mass is 10.0. The van der Waals surface area contributed by atoms with E-state index in [1.54, 1.807) is 0 Å². The minimum absolute atomic E-state index is 0.362. The molecule has 1 unspecified atom stereocenters. The molecule has 2 saturated heterocycles. The van der Waals surface area contributed by atoms with Crippen molar-refractivity contribution in [1.29, 1.82) is 0 Å². The summed E-state index contributed by atoms with van der Waals surface area (Å²) in [5.41, 5.74) is 0. The highest BCUT2D eigenvalue weighted by Gasteiger charge is 2.27. The molecular weight excluding hydrogens is 190 g/mol. The minimum Gasteiger partial charge on any atom is -0.375 e. The molecule has 0 amide bonds. The fourth-order valence-corrected chi connectivity index (χ4v) is 2.66. The van der Waals surface area contributed by atoms with E-state index in [9.17, 15) is 0 Å². The Hall–Kier alpha value is -0.120. The van der Waals surface area contributed by atoms with Crippen LogP contribution in [0.2, 0.25) is 0 Å². The Balaban J connectivity index is 1.77. The third-order valence-corrected chi connectivity index (χ3v) is 3.33.